The molecule has 0 aliphatic heterocycles. The molecule has 0 unspecified atom stereocenters. The van der Waals surface area contributed by atoms with Gasteiger partial charge in [-0.05, 0) is 44.2 Å². The summed E-state index contributed by atoms with van der Waals surface area (Å²) >= 11 is 1.25. The highest BCUT2D eigenvalue weighted by Gasteiger charge is 2.16. The number of nitrogens with zero attached hydrogens (tertiary/aromatic N) is 1. The smallest absolute Gasteiger partial charge is 0.336 e. The molecule has 5 heteroatoms. The molecule has 1 N–H and O–H groups in total. The van der Waals surface area contributed by atoms with Crippen molar-refractivity contribution < 1.29 is 14.3 Å². The van der Waals surface area contributed by atoms with Gasteiger partial charge < -0.3 is 9.52 Å². The van der Waals surface area contributed by atoms with Crippen LogP contribution in [-0.2, 0) is 0 Å². The number of hydrogen-bond donors (Lipinski definition) is 1. The molecule has 0 aliphatic carbocycles. The minimum absolute atomic E-state index is 0.272. The Morgan fingerprint density at radius 2 is 2.06 bits per heavy atom. The summed E-state index contributed by atoms with van der Waals surface area (Å²) in [5, 5.41) is 9.64. The van der Waals surface area contributed by atoms with Crippen LogP contribution in [0.25, 0.3) is 0 Å². The van der Waals surface area contributed by atoms with Crippen LogP contribution in [-0.4, -0.2) is 16.1 Å². The van der Waals surface area contributed by atoms with Crippen LogP contribution in [0.15, 0.2) is 32.7 Å². The van der Waals surface area contributed by atoms with Crippen LogP contribution in [0.4, 0.5) is 0 Å². The summed E-state index contributed by atoms with van der Waals surface area (Å²) in [6, 6.07) is 5.19. The molecular weight excluding hydrogens is 250 g/mol. The van der Waals surface area contributed by atoms with E-state index in [0.717, 1.165) is 17.0 Å². The highest BCUT2D eigenvalue weighted by Crippen LogP contribution is 2.33. The lowest BCUT2D eigenvalue weighted by atomic mass is 10.1. The van der Waals surface area contributed by atoms with Crippen molar-refractivity contribution in [1.82, 2.24) is 4.98 Å². The van der Waals surface area contributed by atoms with Crippen molar-refractivity contribution in [3.8, 4) is 0 Å². The van der Waals surface area contributed by atoms with Crippen molar-refractivity contribution in [3.63, 3.8) is 0 Å². The van der Waals surface area contributed by atoms with Gasteiger partial charge in [0.25, 0.3) is 5.22 Å². The number of aromatic carboxylic acids is 1. The normalized spacial score (nSPS) is 10.6. The van der Waals surface area contributed by atoms with E-state index in [-0.39, 0.29) is 5.56 Å². The first-order valence-electron chi connectivity index (χ1n) is 5.44. The summed E-state index contributed by atoms with van der Waals surface area (Å²) in [5.74, 6) is -0.191. The summed E-state index contributed by atoms with van der Waals surface area (Å²) in [7, 11) is 0. The molecule has 2 rings (SSSR count). The van der Waals surface area contributed by atoms with Crippen LogP contribution >= 0.6 is 11.8 Å². The van der Waals surface area contributed by atoms with Crippen LogP contribution in [0.3, 0.4) is 0 Å². The van der Waals surface area contributed by atoms with E-state index in [2.05, 4.69) is 4.98 Å². The van der Waals surface area contributed by atoms with Crippen LogP contribution in [0, 0.1) is 20.8 Å². The predicted molar refractivity (Wildman–Crippen MR) is 68.2 cm³/mol. The third kappa shape index (κ3) is 2.41. The Bertz CT molecular complexity index is 585. The molecule has 2 aromatic rings. The molecule has 0 bridgehead atoms. The minimum atomic E-state index is -0.943. The lowest BCUT2D eigenvalue weighted by molar-refractivity contribution is 0.0693. The highest BCUT2D eigenvalue weighted by atomic mass is 32.2. The zero-order valence-electron chi connectivity index (χ0n) is 10.4. The Kier molecular flexibility index (Phi) is 3.43. The first-order valence-corrected chi connectivity index (χ1v) is 6.25. The fourth-order valence-electron chi connectivity index (χ4n) is 1.53. The van der Waals surface area contributed by atoms with Gasteiger partial charge in [0, 0.05) is 4.90 Å². The van der Waals surface area contributed by atoms with E-state index in [4.69, 9.17) is 9.52 Å². The molecule has 1 aromatic heterocycles. The second kappa shape index (κ2) is 4.86. The summed E-state index contributed by atoms with van der Waals surface area (Å²) in [4.78, 5) is 16.1. The van der Waals surface area contributed by atoms with E-state index in [9.17, 15) is 4.79 Å². The van der Waals surface area contributed by atoms with Crippen molar-refractivity contribution in [1.29, 1.82) is 0 Å². The van der Waals surface area contributed by atoms with Gasteiger partial charge >= 0.3 is 5.97 Å². The number of benzene rings is 1. The van der Waals surface area contributed by atoms with Gasteiger partial charge in [0.05, 0.1) is 11.3 Å². The first kappa shape index (κ1) is 12.7. The number of carbonyl (C=O) groups is 1. The number of aromatic nitrogens is 1. The van der Waals surface area contributed by atoms with Gasteiger partial charge in [-0.15, -0.1) is 0 Å². The molecule has 0 saturated carbocycles. The molecule has 0 radical (unpaired) electrons. The molecule has 0 atom stereocenters. The van der Waals surface area contributed by atoms with Crippen molar-refractivity contribution >= 4 is 17.7 Å². The summed E-state index contributed by atoms with van der Waals surface area (Å²) < 4.78 is 5.47. The van der Waals surface area contributed by atoms with Gasteiger partial charge in [0.1, 0.15) is 5.76 Å². The van der Waals surface area contributed by atoms with Gasteiger partial charge in [-0.1, -0.05) is 12.1 Å². The molecule has 94 valence electrons. The molecule has 1 heterocycles. The second-order valence-electron chi connectivity index (χ2n) is 3.98. The van der Waals surface area contributed by atoms with E-state index in [1.807, 2.05) is 26.8 Å². The van der Waals surface area contributed by atoms with E-state index in [1.54, 1.807) is 12.1 Å². The molecule has 0 aliphatic rings. The first-order chi connectivity index (χ1) is 8.49. The molecule has 0 fully saturated rings. The van der Waals surface area contributed by atoms with E-state index in [0.29, 0.717) is 10.1 Å². The van der Waals surface area contributed by atoms with Crippen LogP contribution < -0.4 is 0 Å². The summed E-state index contributed by atoms with van der Waals surface area (Å²) in [6.07, 6.45) is 0. The standard InChI is InChI=1S/C13H13NO3S/c1-7-5-4-6-10(12(15)16)11(7)18-13-14-8(2)9(3)17-13/h4-6H,1-3H3,(H,15,16). The number of carboxylic acids is 1. The topological polar surface area (TPSA) is 63.3 Å². The SMILES string of the molecule is Cc1cccc(C(=O)O)c1Sc1nc(C)c(C)o1. The Hall–Kier alpha value is -1.75. The van der Waals surface area contributed by atoms with Crippen LogP contribution in [0.2, 0.25) is 0 Å². The number of aryl methyl sites for hydroxylation is 3. The maximum absolute atomic E-state index is 11.2. The summed E-state index contributed by atoms with van der Waals surface area (Å²) in [5.41, 5.74) is 1.99. The third-order valence-electron chi connectivity index (χ3n) is 2.64. The van der Waals surface area contributed by atoms with Crippen molar-refractivity contribution in [2.75, 3.05) is 0 Å². The van der Waals surface area contributed by atoms with Crippen LogP contribution in [0.5, 0.6) is 0 Å². The quantitative estimate of drug-likeness (QED) is 0.918. The van der Waals surface area contributed by atoms with Crippen molar-refractivity contribution in [2.24, 2.45) is 0 Å². The minimum Gasteiger partial charge on any atom is -0.478 e. The lowest BCUT2D eigenvalue weighted by Crippen LogP contribution is -2.00. The number of hydrogen-bond acceptors (Lipinski definition) is 4. The lowest BCUT2D eigenvalue weighted by Gasteiger charge is -2.06. The fourth-order valence-corrected chi connectivity index (χ4v) is 2.55. The average molecular weight is 263 g/mol. The second-order valence-corrected chi connectivity index (χ2v) is 4.94. The summed E-state index contributed by atoms with van der Waals surface area (Å²) in [6.45, 7) is 5.57. The molecular formula is C13H13NO3S. The molecule has 18 heavy (non-hydrogen) atoms. The Morgan fingerprint density at radius 1 is 1.33 bits per heavy atom. The number of carboxylic acid groups (broad SMARTS) is 1. The average Bonchev–Trinajstić information content (AvgIpc) is 2.60. The zero-order chi connectivity index (χ0) is 13.3. The predicted octanol–water partition coefficient (Wildman–Crippen LogP) is 3.45. The molecule has 4 nitrogen and oxygen atoms in total. The number of oxazole rings is 1. The van der Waals surface area contributed by atoms with Gasteiger partial charge in [0.15, 0.2) is 0 Å². The van der Waals surface area contributed by atoms with Gasteiger partial charge in [-0.2, -0.15) is 0 Å². The van der Waals surface area contributed by atoms with Crippen molar-refractivity contribution in [3.05, 3.63) is 40.8 Å². The maximum Gasteiger partial charge on any atom is 0.336 e. The molecule has 0 amide bonds. The van der Waals surface area contributed by atoms with Gasteiger partial charge in [0.2, 0.25) is 0 Å². The monoisotopic (exact) mass is 263 g/mol. The van der Waals surface area contributed by atoms with E-state index < -0.39 is 5.97 Å². The highest BCUT2D eigenvalue weighted by molar-refractivity contribution is 7.99. The van der Waals surface area contributed by atoms with Crippen molar-refractivity contribution in [2.45, 2.75) is 30.9 Å². The van der Waals surface area contributed by atoms with E-state index in [1.165, 1.54) is 11.8 Å². The Balaban J connectivity index is 2.42. The van der Waals surface area contributed by atoms with E-state index >= 15 is 0 Å². The Morgan fingerprint density at radius 3 is 2.61 bits per heavy atom. The van der Waals surface area contributed by atoms with Gasteiger partial charge in [-0.25, -0.2) is 9.78 Å². The zero-order valence-corrected chi connectivity index (χ0v) is 11.2. The molecule has 0 saturated heterocycles. The fraction of sp³-hybridized carbons (Fsp3) is 0.231. The van der Waals surface area contributed by atoms with Gasteiger partial charge in [-0.3, -0.25) is 0 Å². The maximum atomic E-state index is 11.2. The van der Waals surface area contributed by atoms with Crippen LogP contribution in [0.1, 0.15) is 27.4 Å². The largest absolute Gasteiger partial charge is 0.478 e. The number of rotatable bonds is 3. The Labute approximate surface area is 109 Å². The third-order valence-corrected chi connectivity index (χ3v) is 3.74. The molecule has 0 spiro atoms. The molecule has 1 aromatic carbocycles.